The Morgan fingerprint density at radius 3 is 2.64 bits per heavy atom. The van der Waals surface area contributed by atoms with Crippen LogP contribution in [-0.4, -0.2) is 21.7 Å². The van der Waals surface area contributed by atoms with Crippen molar-refractivity contribution in [3.8, 4) is 0 Å². The molecule has 0 aliphatic heterocycles. The van der Waals surface area contributed by atoms with E-state index in [-0.39, 0.29) is 11.7 Å². The number of carbonyl (C=O) groups excluding carboxylic acids is 1. The molecule has 1 heterocycles. The molecule has 3 rings (SSSR count). The molecule has 7 heteroatoms. The summed E-state index contributed by atoms with van der Waals surface area (Å²) in [4.78, 5) is 12.2. The van der Waals surface area contributed by atoms with Gasteiger partial charge >= 0.3 is 6.18 Å². The molecule has 1 aromatic rings. The van der Waals surface area contributed by atoms with Crippen molar-refractivity contribution in [3.63, 3.8) is 0 Å². The number of nitrogens with one attached hydrogen (secondary N) is 1. The molecule has 2 fully saturated rings. The van der Waals surface area contributed by atoms with Crippen LogP contribution in [0.15, 0.2) is 6.07 Å². The Hall–Kier alpha value is -1.53. The number of fused-ring (bicyclic) bond motifs is 2. The van der Waals surface area contributed by atoms with Crippen molar-refractivity contribution in [1.29, 1.82) is 0 Å². The third-order valence-electron chi connectivity index (χ3n) is 5.20. The van der Waals surface area contributed by atoms with E-state index < -0.39 is 17.8 Å². The van der Waals surface area contributed by atoms with Gasteiger partial charge in [-0.1, -0.05) is 6.42 Å². The molecule has 2 saturated carbocycles. The van der Waals surface area contributed by atoms with E-state index in [9.17, 15) is 18.0 Å². The Balaban J connectivity index is 1.67. The van der Waals surface area contributed by atoms with Crippen LogP contribution in [0.25, 0.3) is 0 Å². The molecule has 22 heavy (non-hydrogen) atoms. The van der Waals surface area contributed by atoms with Crippen LogP contribution in [0.4, 0.5) is 13.2 Å². The molecule has 4 nitrogen and oxygen atoms in total. The number of aryl methyl sites for hydroxylation is 1. The minimum absolute atomic E-state index is 0.0286. The Morgan fingerprint density at radius 2 is 2.14 bits per heavy atom. The summed E-state index contributed by atoms with van der Waals surface area (Å²) in [7, 11) is 1.19. The van der Waals surface area contributed by atoms with Gasteiger partial charge in [0.25, 0.3) is 5.91 Å². The van der Waals surface area contributed by atoms with Crippen LogP contribution in [0, 0.1) is 17.8 Å². The molecular weight excluding hydrogens is 295 g/mol. The molecule has 122 valence electrons. The van der Waals surface area contributed by atoms with Gasteiger partial charge < -0.3 is 5.32 Å². The zero-order valence-electron chi connectivity index (χ0n) is 12.7. The monoisotopic (exact) mass is 315 g/mol. The Labute approximate surface area is 127 Å². The Bertz CT molecular complexity index is 581. The van der Waals surface area contributed by atoms with Crippen molar-refractivity contribution in [2.75, 3.05) is 0 Å². The molecule has 1 amide bonds. The van der Waals surface area contributed by atoms with E-state index in [0.29, 0.717) is 16.5 Å². The molecule has 2 aliphatic rings. The van der Waals surface area contributed by atoms with Gasteiger partial charge in [-0.3, -0.25) is 9.48 Å². The lowest BCUT2D eigenvalue weighted by Gasteiger charge is -2.28. The maximum absolute atomic E-state index is 12.7. The van der Waals surface area contributed by atoms with Crippen LogP contribution in [0.3, 0.4) is 0 Å². The van der Waals surface area contributed by atoms with Crippen LogP contribution in [0.5, 0.6) is 0 Å². The predicted molar refractivity (Wildman–Crippen MR) is 74.1 cm³/mol. The van der Waals surface area contributed by atoms with Gasteiger partial charge in [0.2, 0.25) is 0 Å². The average Bonchev–Trinajstić information content (AvgIpc) is 3.11. The third-order valence-corrected chi connectivity index (χ3v) is 5.20. The average molecular weight is 315 g/mol. The van der Waals surface area contributed by atoms with E-state index in [0.717, 1.165) is 18.4 Å². The van der Waals surface area contributed by atoms with Gasteiger partial charge in [0, 0.05) is 19.2 Å². The highest BCUT2D eigenvalue weighted by atomic mass is 19.4. The van der Waals surface area contributed by atoms with Crippen LogP contribution in [0.2, 0.25) is 0 Å². The smallest absolute Gasteiger partial charge is 0.348 e. The van der Waals surface area contributed by atoms with Crippen molar-refractivity contribution >= 4 is 5.91 Å². The first kappa shape index (κ1) is 15.4. The molecule has 0 aromatic carbocycles. The number of alkyl halides is 3. The van der Waals surface area contributed by atoms with Crippen LogP contribution < -0.4 is 5.32 Å². The molecule has 1 N–H and O–H groups in total. The first-order valence-electron chi connectivity index (χ1n) is 7.68. The molecule has 0 unspecified atom stereocenters. The van der Waals surface area contributed by atoms with Gasteiger partial charge in [0.05, 0.1) is 0 Å². The van der Waals surface area contributed by atoms with Gasteiger partial charge in [0.15, 0.2) is 5.69 Å². The zero-order valence-corrected chi connectivity index (χ0v) is 12.7. The van der Waals surface area contributed by atoms with Gasteiger partial charge in [-0.15, -0.1) is 0 Å². The largest absolute Gasteiger partial charge is 0.433 e. The highest BCUT2D eigenvalue weighted by molar-refractivity contribution is 5.92. The van der Waals surface area contributed by atoms with Crippen molar-refractivity contribution in [2.45, 2.75) is 44.8 Å². The number of hydrogen-bond donors (Lipinski definition) is 1. The second-order valence-corrected chi connectivity index (χ2v) is 6.64. The lowest BCUT2D eigenvalue weighted by atomic mass is 9.84. The molecule has 0 spiro atoms. The zero-order chi connectivity index (χ0) is 16.1. The SMILES string of the molecule is C[C@@H](NC(=O)c1cc(C(F)(F)F)n(C)n1)[C@@H]1C[C@@H]2CC[C@@H]1C2. The fourth-order valence-corrected chi connectivity index (χ4v) is 4.14. The molecular formula is C15H20F3N3O. The van der Waals surface area contributed by atoms with Crippen molar-refractivity contribution < 1.29 is 18.0 Å². The molecule has 0 saturated heterocycles. The van der Waals surface area contributed by atoms with Crippen LogP contribution >= 0.6 is 0 Å². The van der Waals surface area contributed by atoms with Gasteiger partial charge in [-0.25, -0.2) is 0 Å². The molecule has 4 atom stereocenters. The predicted octanol–water partition coefficient (Wildman–Crippen LogP) is 2.99. The quantitative estimate of drug-likeness (QED) is 0.932. The van der Waals surface area contributed by atoms with Gasteiger partial charge in [0.1, 0.15) is 5.69 Å². The summed E-state index contributed by atoms with van der Waals surface area (Å²) in [6, 6.07) is 0.780. The second kappa shape index (κ2) is 5.28. The van der Waals surface area contributed by atoms with Gasteiger partial charge in [-0.2, -0.15) is 18.3 Å². The lowest BCUT2D eigenvalue weighted by molar-refractivity contribution is -0.143. The third kappa shape index (κ3) is 2.73. The summed E-state index contributed by atoms with van der Waals surface area (Å²) < 4.78 is 38.9. The van der Waals surface area contributed by atoms with Crippen molar-refractivity contribution in [3.05, 3.63) is 17.5 Å². The lowest BCUT2D eigenvalue weighted by Crippen LogP contribution is -2.40. The summed E-state index contributed by atoms with van der Waals surface area (Å²) in [5, 5.41) is 6.52. The first-order valence-corrected chi connectivity index (χ1v) is 7.68. The van der Waals surface area contributed by atoms with E-state index in [2.05, 4.69) is 10.4 Å². The number of amides is 1. The molecule has 2 bridgehead atoms. The van der Waals surface area contributed by atoms with Crippen LogP contribution in [-0.2, 0) is 13.2 Å². The van der Waals surface area contributed by atoms with Crippen molar-refractivity contribution in [1.82, 2.24) is 15.1 Å². The fraction of sp³-hybridized carbons (Fsp3) is 0.733. The highest BCUT2D eigenvalue weighted by Crippen LogP contribution is 2.49. The van der Waals surface area contributed by atoms with Gasteiger partial charge in [-0.05, 0) is 43.9 Å². The second-order valence-electron chi connectivity index (χ2n) is 6.64. The standard InChI is InChI=1S/C15H20F3N3O/c1-8(11-6-9-3-4-10(11)5-9)19-14(22)12-7-13(15(16,17)18)21(2)20-12/h7-11H,3-6H2,1-2H3,(H,19,22)/t8-,9-,10-,11+/m1/s1. The van der Waals surface area contributed by atoms with Crippen LogP contribution in [0.1, 0.15) is 48.8 Å². The number of rotatable bonds is 3. The van der Waals surface area contributed by atoms with E-state index in [1.165, 1.54) is 26.3 Å². The number of hydrogen-bond acceptors (Lipinski definition) is 2. The number of aromatic nitrogens is 2. The number of carbonyl (C=O) groups is 1. The minimum Gasteiger partial charge on any atom is -0.348 e. The molecule has 1 aromatic heterocycles. The molecule has 2 aliphatic carbocycles. The maximum Gasteiger partial charge on any atom is 0.433 e. The highest BCUT2D eigenvalue weighted by Gasteiger charge is 2.42. The van der Waals surface area contributed by atoms with E-state index >= 15 is 0 Å². The van der Waals surface area contributed by atoms with E-state index in [1.807, 2.05) is 6.92 Å². The Morgan fingerprint density at radius 1 is 1.41 bits per heavy atom. The Kier molecular flexibility index (Phi) is 3.69. The maximum atomic E-state index is 12.7. The topological polar surface area (TPSA) is 46.9 Å². The number of halogens is 3. The summed E-state index contributed by atoms with van der Waals surface area (Å²) in [6.45, 7) is 1.94. The first-order chi connectivity index (χ1) is 10.3. The van der Waals surface area contributed by atoms with E-state index in [1.54, 1.807) is 0 Å². The fourth-order valence-electron chi connectivity index (χ4n) is 4.14. The minimum atomic E-state index is -4.50. The summed E-state index contributed by atoms with van der Waals surface area (Å²) in [5.41, 5.74) is -1.09. The van der Waals surface area contributed by atoms with E-state index in [4.69, 9.17) is 0 Å². The number of nitrogens with zero attached hydrogens (tertiary/aromatic N) is 2. The van der Waals surface area contributed by atoms with Crippen molar-refractivity contribution in [2.24, 2.45) is 24.8 Å². The summed E-state index contributed by atoms with van der Waals surface area (Å²) in [5.74, 6) is 1.32. The molecule has 0 radical (unpaired) electrons. The summed E-state index contributed by atoms with van der Waals surface area (Å²) >= 11 is 0. The summed E-state index contributed by atoms with van der Waals surface area (Å²) in [6.07, 6.45) is 0.319. The normalized spacial score (nSPS) is 28.9.